The van der Waals surface area contributed by atoms with Crippen molar-refractivity contribution in [2.45, 2.75) is 37.6 Å². The molecule has 2 heterocycles. The number of hydrogen-bond acceptors (Lipinski definition) is 5. The summed E-state index contributed by atoms with van der Waals surface area (Å²) < 4.78 is 7.25. The van der Waals surface area contributed by atoms with E-state index in [0.717, 1.165) is 16.8 Å². The minimum absolute atomic E-state index is 0.0196. The molecule has 1 atom stereocenters. The molecule has 0 radical (unpaired) electrons. The van der Waals surface area contributed by atoms with Gasteiger partial charge in [0.2, 0.25) is 0 Å². The molecule has 24 heavy (non-hydrogen) atoms. The van der Waals surface area contributed by atoms with Crippen LogP contribution in [-0.2, 0) is 11.2 Å². The lowest BCUT2D eigenvalue weighted by Gasteiger charge is -2.18. The molecule has 1 aromatic heterocycles. The fourth-order valence-corrected chi connectivity index (χ4v) is 4.01. The number of nitrogens with zero attached hydrogens (tertiary/aromatic N) is 2. The van der Waals surface area contributed by atoms with E-state index in [-0.39, 0.29) is 30.9 Å². The molecule has 0 saturated carbocycles. The second-order valence-electron chi connectivity index (χ2n) is 6.11. The number of aliphatic hydroxyl groups is 1. The summed E-state index contributed by atoms with van der Waals surface area (Å²) >= 11 is 1.53. The molecule has 0 aliphatic carbocycles. The number of rotatable bonds is 6. The summed E-state index contributed by atoms with van der Waals surface area (Å²) in [5, 5.41) is 9.67. The Morgan fingerprint density at radius 3 is 2.79 bits per heavy atom. The van der Waals surface area contributed by atoms with Gasteiger partial charge in [-0.15, -0.1) is 0 Å². The Labute approximate surface area is 145 Å². The first kappa shape index (κ1) is 17.2. The number of hydrogen-bond donors (Lipinski definition) is 1. The van der Waals surface area contributed by atoms with Crippen LogP contribution in [0.15, 0.2) is 40.3 Å². The zero-order valence-corrected chi connectivity index (χ0v) is 14.8. The van der Waals surface area contributed by atoms with Crippen molar-refractivity contribution in [2.75, 3.05) is 19.0 Å². The van der Waals surface area contributed by atoms with Crippen molar-refractivity contribution in [1.29, 1.82) is 0 Å². The fraction of sp³-hybridized carbons (Fsp3) is 0.444. The van der Waals surface area contributed by atoms with Crippen molar-refractivity contribution in [3.63, 3.8) is 0 Å². The smallest absolute Gasteiger partial charge is 0.260 e. The molecule has 1 unspecified atom stereocenters. The third-order valence-electron chi connectivity index (χ3n) is 4.03. The number of aromatic nitrogens is 2. The Morgan fingerprint density at radius 1 is 1.38 bits per heavy atom. The molecule has 0 fully saturated rings. The summed E-state index contributed by atoms with van der Waals surface area (Å²) in [7, 11) is 0. The molecule has 0 spiro atoms. The van der Waals surface area contributed by atoms with Gasteiger partial charge in [-0.1, -0.05) is 55.9 Å². The molecule has 5 nitrogen and oxygen atoms in total. The fourth-order valence-electron chi connectivity index (χ4n) is 2.96. The van der Waals surface area contributed by atoms with E-state index in [1.165, 1.54) is 11.8 Å². The average Bonchev–Trinajstić information content (AvgIpc) is 2.97. The van der Waals surface area contributed by atoms with Crippen molar-refractivity contribution in [1.82, 2.24) is 9.55 Å². The lowest BCUT2D eigenvalue weighted by Crippen LogP contribution is -2.31. The van der Waals surface area contributed by atoms with Crippen LogP contribution >= 0.6 is 11.8 Å². The predicted molar refractivity (Wildman–Crippen MR) is 94.6 cm³/mol. The van der Waals surface area contributed by atoms with Crippen molar-refractivity contribution in [2.24, 2.45) is 0 Å². The van der Waals surface area contributed by atoms with Crippen LogP contribution in [0.3, 0.4) is 0 Å². The van der Waals surface area contributed by atoms with Crippen molar-refractivity contribution < 1.29 is 9.84 Å². The number of ether oxygens (including phenoxy) is 1. The summed E-state index contributed by atoms with van der Waals surface area (Å²) in [5.74, 6) is 0.736. The minimum atomic E-state index is -0.347. The first-order chi connectivity index (χ1) is 11.6. The second kappa shape index (κ2) is 7.51. The maximum atomic E-state index is 13.1. The molecule has 0 amide bonds. The number of fused-ring (bicyclic) bond motifs is 1. The van der Waals surface area contributed by atoms with Crippen LogP contribution in [0.25, 0.3) is 0 Å². The molecule has 0 saturated heterocycles. The van der Waals surface area contributed by atoms with Gasteiger partial charge in [0.25, 0.3) is 5.56 Å². The lowest BCUT2D eigenvalue weighted by atomic mass is 9.98. The van der Waals surface area contributed by atoms with Crippen LogP contribution in [-0.4, -0.2) is 33.6 Å². The van der Waals surface area contributed by atoms with Crippen LogP contribution in [0.1, 0.15) is 42.8 Å². The average molecular weight is 346 g/mol. The highest BCUT2D eigenvalue weighted by Gasteiger charge is 2.29. The summed E-state index contributed by atoms with van der Waals surface area (Å²) in [6, 6.07) is 10.1. The van der Waals surface area contributed by atoms with Crippen molar-refractivity contribution in [3.8, 4) is 0 Å². The zero-order chi connectivity index (χ0) is 17.1. The molecule has 1 aliphatic heterocycles. The Hall–Kier alpha value is -1.63. The first-order valence-electron chi connectivity index (χ1n) is 8.16. The Bertz CT molecular complexity index is 759. The highest BCUT2D eigenvalue weighted by molar-refractivity contribution is 7.99. The van der Waals surface area contributed by atoms with E-state index >= 15 is 0 Å². The number of aliphatic hydroxyl groups excluding tert-OH is 1. The molecule has 128 valence electrons. The van der Waals surface area contributed by atoms with E-state index in [4.69, 9.17) is 14.8 Å². The van der Waals surface area contributed by atoms with Crippen LogP contribution in [0.2, 0.25) is 0 Å². The van der Waals surface area contributed by atoms with Gasteiger partial charge >= 0.3 is 0 Å². The molecular weight excluding hydrogens is 324 g/mol. The highest BCUT2D eigenvalue weighted by Crippen LogP contribution is 2.32. The van der Waals surface area contributed by atoms with Crippen molar-refractivity contribution in [3.05, 3.63) is 57.5 Å². The minimum Gasteiger partial charge on any atom is -0.394 e. The predicted octanol–water partition coefficient (Wildman–Crippen LogP) is 2.57. The van der Waals surface area contributed by atoms with E-state index in [0.29, 0.717) is 17.3 Å². The largest absolute Gasteiger partial charge is 0.394 e. The van der Waals surface area contributed by atoms with Gasteiger partial charge < -0.3 is 9.84 Å². The summed E-state index contributed by atoms with van der Waals surface area (Å²) in [5.41, 5.74) is 2.73. The van der Waals surface area contributed by atoms with Crippen LogP contribution in [0, 0.1) is 0 Å². The van der Waals surface area contributed by atoms with Crippen LogP contribution < -0.4 is 5.56 Å². The van der Waals surface area contributed by atoms with Gasteiger partial charge in [0.15, 0.2) is 5.16 Å². The molecular formula is C18H22N2O3S. The maximum Gasteiger partial charge on any atom is 0.260 e. The normalized spacial score (nSPS) is 16.6. The van der Waals surface area contributed by atoms with E-state index in [1.807, 2.05) is 32.0 Å². The molecule has 1 N–H and O–H groups in total. The third kappa shape index (κ3) is 3.41. The number of thioether (sulfide) groups is 1. The molecule has 6 heteroatoms. The zero-order valence-electron chi connectivity index (χ0n) is 13.9. The maximum absolute atomic E-state index is 13.1. The van der Waals surface area contributed by atoms with E-state index in [1.54, 1.807) is 4.57 Å². The van der Waals surface area contributed by atoms with Gasteiger partial charge in [0, 0.05) is 17.7 Å². The molecule has 0 bridgehead atoms. The Balaban J connectivity index is 2.02. The molecule has 3 rings (SSSR count). The quantitative estimate of drug-likeness (QED) is 0.815. The molecule has 1 aromatic carbocycles. The van der Waals surface area contributed by atoms with Crippen molar-refractivity contribution >= 4 is 11.8 Å². The van der Waals surface area contributed by atoms with Gasteiger partial charge in [0.1, 0.15) is 6.23 Å². The SMILES string of the molecule is CC(C)c1c(Cc2ccccc2)nc2n(c1=O)C(OCCO)CS2. The lowest BCUT2D eigenvalue weighted by molar-refractivity contribution is -0.00383. The van der Waals surface area contributed by atoms with Crippen LogP contribution in [0.5, 0.6) is 0 Å². The van der Waals surface area contributed by atoms with Gasteiger partial charge in [-0.2, -0.15) is 0 Å². The Morgan fingerprint density at radius 2 is 2.12 bits per heavy atom. The number of benzene rings is 1. The summed E-state index contributed by atoms with van der Waals surface area (Å²) in [6.45, 7) is 4.21. The standard InChI is InChI=1S/C18H22N2O3S/c1-12(2)16-14(10-13-6-4-3-5-7-13)19-18-20(17(16)22)15(11-24-18)23-9-8-21/h3-7,12,15,21H,8-11H2,1-2H3. The Kier molecular flexibility index (Phi) is 5.38. The first-order valence-corrected chi connectivity index (χ1v) is 9.15. The van der Waals surface area contributed by atoms with Crippen LogP contribution in [0.4, 0.5) is 0 Å². The van der Waals surface area contributed by atoms with E-state index in [2.05, 4.69) is 12.1 Å². The van der Waals surface area contributed by atoms with Gasteiger partial charge in [0.05, 0.1) is 18.9 Å². The monoisotopic (exact) mass is 346 g/mol. The highest BCUT2D eigenvalue weighted by atomic mass is 32.2. The van der Waals surface area contributed by atoms with Gasteiger partial charge in [-0.25, -0.2) is 4.98 Å². The van der Waals surface area contributed by atoms with E-state index in [9.17, 15) is 4.79 Å². The second-order valence-corrected chi connectivity index (χ2v) is 7.09. The molecule has 2 aromatic rings. The van der Waals surface area contributed by atoms with Gasteiger partial charge in [-0.3, -0.25) is 9.36 Å². The van der Waals surface area contributed by atoms with E-state index < -0.39 is 0 Å². The summed E-state index contributed by atoms with van der Waals surface area (Å²) in [6.07, 6.45) is 0.306. The summed E-state index contributed by atoms with van der Waals surface area (Å²) in [4.78, 5) is 17.8. The van der Waals surface area contributed by atoms with Gasteiger partial charge in [-0.05, 0) is 11.5 Å². The molecule has 1 aliphatic rings. The third-order valence-corrected chi connectivity index (χ3v) is 5.03. The topological polar surface area (TPSA) is 64.4 Å².